The SMILES string of the molecule is O=C(NC(CO)c1ccc2ccccc2c1)c1ccc(F)cc1. The van der Waals surface area contributed by atoms with Gasteiger partial charge in [0.05, 0.1) is 12.6 Å². The van der Waals surface area contributed by atoms with Gasteiger partial charge in [0.1, 0.15) is 5.82 Å². The Hall–Kier alpha value is -2.72. The summed E-state index contributed by atoms with van der Waals surface area (Å²) >= 11 is 0. The molecule has 23 heavy (non-hydrogen) atoms. The fourth-order valence-corrected chi connectivity index (χ4v) is 2.50. The molecule has 3 nitrogen and oxygen atoms in total. The minimum absolute atomic E-state index is 0.217. The third-order valence-corrected chi connectivity index (χ3v) is 3.77. The first-order valence-corrected chi connectivity index (χ1v) is 7.33. The van der Waals surface area contributed by atoms with Gasteiger partial charge >= 0.3 is 0 Å². The second kappa shape index (κ2) is 6.58. The van der Waals surface area contributed by atoms with Gasteiger partial charge in [-0.1, -0.05) is 36.4 Å². The average Bonchev–Trinajstić information content (AvgIpc) is 2.59. The van der Waals surface area contributed by atoms with Crippen LogP contribution in [0.4, 0.5) is 4.39 Å². The van der Waals surface area contributed by atoms with E-state index < -0.39 is 11.9 Å². The smallest absolute Gasteiger partial charge is 0.251 e. The zero-order chi connectivity index (χ0) is 16.2. The number of halogens is 1. The summed E-state index contributed by atoms with van der Waals surface area (Å²) < 4.78 is 12.9. The Morgan fingerprint density at radius 3 is 2.39 bits per heavy atom. The Morgan fingerprint density at radius 1 is 1.00 bits per heavy atom. The fraction of sp³-hybridized carbons (Fsp3) is 0.105. The monoisotopic (exact) mass is 309 g/mol. The lowest BCUT2D eigenvalue weighted by Crippen LogP contribution is -2.30. The number of aliphatic hydroxyl groups is 1. The van der Waals surface area contributed by atoms with E-state index in [1.807, 2.05) is 42.5 Å². The number of carbonyl (C=O) groups is 1. The van der Waals surface area contributed by atoms with E-state index in [0.29, 0.717) is 5.56 Å². The Balaban J connectivity index is 1.83. The van der Waals surface area contributed by atoms with Crippen molar-refractivity contribution < 1.29 is 14.3 Å². The highest BCUT2D eigenvalue weighted by Gasteiger charge is 2.15. The van der Waals surface area contributed by atoms with Crippen molar-refractivity contribution in [3.05, 3.63) is 83.7 Å². The van der Waals surface area contributed by atoms with Crippen LogP contribution in [0.2, 0.25) is 0 Å². The van der Waals surface area contributed by atoms with Crippen LogP contribution in [-0.2, 0) is 0 Å². The maximum absolute atomic E-state index is 12.9. The number of hydrogen-bond acceptors (Lipinski definition) is 2. The molecule has 0 aliphatic carbocycles. The Kier molecular flexibility index (Phi) is 4.35. The molecule has 0 heterocycles. The van der Waals surface area contributed by atoms with Crippen LogP contribution in [0.3, 0.4) is 0 Å². The van der Waals surface area contributed by atoms with Crippen molar-refractivity contribution >= 4 is 16.7 Å². The second-order valence-electron chi connectivity index (χ2n) is 5.32. The highest BCUT2D eigenvalue weighted by molar-refractivity contribution is 5.94. The van der Waals surface area contributed by atoms with Crippen molar-refractivity contribution in [2.24, 2.45) is 0 Å². The van der Waals surface area contributed by atoms with E-state index >= 15 is 0 Å². The molecule has 3 aromatic rings. The molecule has 0 bridgehead atoms. The van der Waals surface area contributed by atoms with E-state index in [9.17, 15) is 14.3 Å². The Morgan fingerprint density at radius 2 is 1.70 bits per heavy atom. The van der Waals surface area contributed by atoms with Crippen LogP contribution in [-0.4, -0.2) is 17.6 Å². The standard InChI is InChI=1S/C19H16FNO2/c20-17-9-7-14(8-10-17)19(23)21-18(12-22)16-6-5-13-3-1-2-4-15(13)11-16/h1-11,18,22H,12H2,(H,21,23). The van der Waals surface area contributed by atoms with Gasteiger partial charge in [0.15, 0.2) is 0 Å². The number of nitrogens with one attached hydrogen (secondary N) is 1. The Labute approximate surface area is 133 Å². The summed E-state index contributed by atoms with van der Waals surface area (Å²) in [5.74, 6) is -0.744. The van der Waals surface area contributed by atoms with Gasteiger partial charge in [-0.15, -0.1) is 0 Å². The minimum atomic E-state index is -0.517. The summed E-state index contributed by atoms with van der Waals surface area (Å²) in [6.07, 6.45) is 0. The van der Waals surface area contributed by atoms with Gasteiger partial charge in [0, 0.05) is 5.56 Å². The quantitative estimate of drug-likeness (QED) is 0.775. The molecule has 1 amide bonds. The molecule has 3 aromatic carbocycles. The minimum Gasteiger partial charge on any atom is -0.394 e. The van der Waals surface area contributed by atoms with E-state index in [1.165, 1.54) is 24.3 Å². The van der Waals surface area contributed by atoms with Crippen molar-refractivity contribution in [3.8, 4) is 0 Å². The average molecular weight is 309 g/mol. The molecule has 116 valence electrons. The molecule has 0 radical (unpaired) electrons. The summed E-state index contributed by atoms with van der Waals surface area (Å²) in [7, 11) is 0. The van der Waals surface area contributed by atoms with Gasteiger partial charge in [-0.3, -0.25) is 4.79 Å². The summed E-state index contributed by atoms with van der Waals surface area (Å²) in [4.78, 5) is 12.2. The molecule has 0 aliphatic rings. The van der Waals surface area contributed by atoms with Crippen LogP contribution in [0.15, 0.2) is 66.7 Å². The molecule has 2 N–H and O–H groups in total. The predicted molar refractivity (Wildman–Crippen MR) is 87.6 cm³/mol. The summed E-state index contributed by atoms with van der Waals surface area (Å²) in [6, 6.07) is 18.5. The summed E-state index contributed by atoms with van der Waals surface area (Å²) in [5, 5.41) is 14.5. The first-order valence-electron chi connectivity index (χ1n) is 7.33. The fourth-order valence-electron chi connectivity index (χ4n) is 2.50. The first kappa shape index (κ1) is 15.2. The number of rotatable bonds is 4. The van der Waals surface area contributed by atoms with E-state index in [0.717, 1.165) is 16.3 Å². The van der Waals surface area contributed by atoms with Gasteiger partial charge in [-0.25, -0.2) is 4.39 Å². The van der Waals surface area contributed by atoms with Gasteiger partial charge in [-0.05, 0) is 46.7 Å². The van der Waals surface area contributed by atoms with E-state index in [-0.39, 0.29) is 12.5 Å². The number of benzene rings is 3. The normalized spacial score (nSPS) is 12.1. The summed E-state index contributed by atoms with van der Waals surface area (Å²) in [6.45, 7) is -0.217. The van der Waals surface area contributed by atoms with Crippen molar-refractivity contribution in [2.75, 3.05) is 6.61 Å². The number of hydrogen-bond donors (Lipinski definition) is 2. The second-order valence-corrected chi connectivity index (χ2v) is 5.32. The van der Waals surface area contributed by atoms with Gasteiger partial charge in [0.2, 0.25) is 0 Å². The molecule has 1 unspecified atom stereocenters. The van der Waals surface area contributed by atoms with E-state index in [2.05, 4.69) is 5.32 Å². The third-order valence-electron chi connectivity index (χ3n) is 3.77. The number of aliphatic hydroxyl groups excluding tert-OH is 1. The van der Waals surface area contributed by atoms with E-state index in [4.69, 9.17) is 0 Å². The van der Waals surface area contributed by atoms with Gasteiger partial charge in [0.25, 0.3) is 5.91 Å². The highest BCUT2D eigenvalue weighted by atomic mass is 19.1. The maximum Gasteiger partial charge on any atom is 0.251 e. The zero-order valence-electron chi connectivity index (χ0n) is 12.4. The number of amides is 1. The molecule has 0 aliphatic heterocycles. The zero-order valence-corrected chi connectivity index (χ0v) is 12.4. The maximum atomic E-state index is 12.9. The first-order chi connectivity index (χ1) is 11.2. The van der Waals surface area contributed by atoms with Gasteiger partial charge < -0.3 is 10.4 Å². The lowest BCUT2D eigenvalue weighted by atomic mass is 10.0. The van der Waals surface area contributed by atoms with E-state index in [1.54, 1.807) is 0 Å². The highest BCUT2D eigenvalue weighted by Crippen LogP contribution is 2.20. The molecule has 0 saturated carbocycles. The third kappa shape index (κ3) is 3.38. The van der Waals surface area contributed by atoms with Crippen molar-refractivity contribution in [2.45, 2.75) is 6.04 Å². The topological polar surface area (TPSA) is 49.3 Å². The number of fused-ring (bicyclic) bond motifs is 1. The summed E-state index contributed by atoms with van der Waals surface area (Å²) in [5.41, 5.74) is 1.17. The molecule has 0 spiro atoms. The molecular formula is C19H16FNO2. The van der Waals surface area contributed by atoms with Crippen LogP contribution in [0.1, 0.15) is 22.0 Å². The molecule has 0 aromatic heterocycles. The Bertz CT molecular complexity index is 830. The van der Waals surface area contributed by atoms with Crippen LogP contribution >= 0.6 is 0 Å². The van der Waals surface area contributed by atoms with Crippen LogP contribution in [0.25, 0.3) is 10.8 Å². The lowest BCUT2D eigenvalue weighted by Gasteiger charge is -2.17. The molecule has 4 heteroatoms. The van der Waals surface area contributed by atoms with Crippen LogP contribution in [0, 0.1) is 5.82 Å². The largest absolute Gasteiger partial charge is 0.394 e. The molecule has 3 rings (SSSR count). The molecule has 0 saturated heterocycles. The van der Waals surface area contributed by atoms with Crippen LogP contribution < -0.4 is 5.32 Å². The van der Waals surface area contributed by atoms with Crippen molar-refractivity contribution in [1.29, 1.82) is 0 Å². The van der Waals surface area contributed by atoms with Crippen molar-refractivity contribution in [1.82, 2.24) is 5.32 Å². The van der Waals surface area contributed by atoms with Gasteiger partial charge in [-0.2, -0.15) is 0 Å². The van der Waals surface area contributed by atoms with Crippen molar-refractivity contribution in [3.63, 3.8) is 0 Å². The number of carbonyl (C=O) groups excluding carboxylic acids is 1. The lowest BCUT2D eigenvalue weighted by molar-refractivity contribution is 0.0916. The molecular weight excluding hydrogens is 293 g/mol. The molecule has 1 atom stereocenters. The van der Waals surface area contributed by atoms with Crippen LogP contribution in [0.5, 0.6) is 0 Å². The molecule has 0 fully saturated rings. The predicted octanol–water partition coefficient (Wildman–Crippen LogP) is 3.44.